The second kappa shape index (κ2) is 4.20. The molecule has 2 aliphatic rings. The van der Waals surface area contributed by atoms with Crippen LogP contribution in [0.1, 0.15) is 41.0 Å². The lowest BCUT2D eigenvalue weighted by Crippen LogP contribution is -2.76. The van der Waals surface area contributed by atoms with E-state index in [1.165, 1.54) is 0 Å². The van der Waals surface area contributed by atoms with E-state index >= 15 is 0 Å². The van der Waals surface area contributed by atoms with E-state index in [0.717, 1.165) is 6.42 Å². The smallest absolute Gasteiger partial charge is 0.225 e. The lowest BCUT2D eigenvalue weighted by molar-refractivity contribution is -0.135. The van der Waals surface area contributed by atoms with Crippen molar-refractivity contribution < 1.29 is 9.53 Å². The molecule has 0 bridgehead atoms. The molecule has 1 heterocycles. The predicted octanol–water partition coefficient (Wildman–Crippen LogP) is 1.29. The van der Waals surface area contributed by atoms with Gasteiger partial charge < -0.3 is 15.8 Å². The van der Waals surface area contributed by atoms with E-state index in [1.54, 1.807) is 0 Å². The molecule has 3 N–H and O–H groups in total. The van der Waals surface area contributed by atoms with Gasteiger partial charge in [-0.15, -0.1) is 0 Å². The van der Waals surface area contributed by atoms with Gasteiger partial charge in [0.05, 0.1) is 18.6 Å². The first kappa shape index (κ1) is 13.8. The van der Waals surface area contributed by atoms with E-state index in [4.69, 9.17) is 10.5 Å². The van der Waals surface area contributed by atoms with Crippen molar-refractivity contribution in [2.45, 2.75) is 59.2 Å². The zero-order valence-electron chi connectivity index (χ0n) is 12.1. The molecule has 2 atom stereocenters. The Kier molecular flexibility index (Phi) is 3.23. The van der Waals surface area contributed by atoms with Crippen LogP contribution in [0.5, 0.6) is 0 Å². The van der Waals surface area contributed by atoms with Gasteiger partial charge in [0.1, 0.15) is 0 Å². The summed E-state index contributed by atoms with van der Waals surface area (Å²) < 4.78 is 5.46. The maximum absolute atomic E-state index is 12.2. The van der Waals surface area contributed by atoms with Crippen molar-refractivity contribution in [3.8, 4) is 0 Å². The number of carbonyl (C=O) groups is 1. The Bertz CT molecular complexity index is 336. The molecule has 1 saturated carbocycles. The summed E-state index contributed by atoms with van der Waals surface area (Å²) in [7, 11) is 0. The highest BCUT2D eigenvalue weighted by molar-refractivity contribution is 5.79. The molecule has 1 saturated heterocycles. The number of amides is 1. The van der Waals surface area contributed by atoms with E-state index in [-0.39, 0.29) is 40.8 Å². The molecule has 0 aromatic rings. The van der Waals surface area contributed by atoms with Crippen LogP contribution in [-0.4, -0.2) is 30.7 Å². The van der Waals surface area contributed by atoms with Gasteiger partial charge >= 0.3 is 0 Å². The number of rotatable bonds is 2. The second-order valence-corrected chi connectivity index (χ2v) is 7.14. The van der Waals surface area contributed by atoms with Crippen LogP contribution < -0.4 is 11.1 Å². The molecule has 18 heavy (non-hydrogen) atoms. The van der Waals surface area contributed by atoms with Crippen LogP contribution in [0.4, 0.5) is 0 Å². The SMILES string of the molecule is CC1CC(C(=O)NC2C(C)(C)C(N)C2(C)C)CO1. The fourth-order valence-corrected chi connectivity index (χ4v) is 3.81. The topological polar surface area (TPSA) is 64.4 Å². The molecule has 2 fully saturated rings. The molecule has 2 rings (SSSR count). The van der Waals surface area contributed by atoms with Crippen LogP contribution in [0.3, 0.4) is 0 Å². The number of nitrogens with one attached hydrogen (secondary N) is 1. The summed E-state index contributed by atoms with van der Waals surface area (Å²) in [6, 6.07) is 0.262. The van der Waals surface area contributed by atoms with Crippen molar-refractivity contribution in [2.75, 3.05) is 6.61 Å². The van der Waals surface area contributed by atoms with E-state index in [0.29, 0.717) is 6.61 Å². The maximum atomic E-state index is 12.2. The van der Waals surface area contributed by atoms with E-state index in [2.05, 4.69) is 33.0 Å². The fourth-order valence-electron chi connectivity index (χ4n) is 3.81. The zero-order valence-corrected chi connectivity index (χ0v) is 12.1. The molecular weight excluding hydrogens is 228 g/mol. The van der Waals surface area contributed by atoms with Gasteiger partial charge in [0.2, 0.25) is 5.91 Å². The summed E-state index contributed by atoms with van der Waals surface area (Å²) in [5.41, 5.74) is 6.12. The molecule has 104 valence electrons. The summed E-state index contributed by atoms with van der Waals surface area (Å²) in [5, 5.41) is 3.19. The Labute approximate surface area is 110 Å². The van der Waals surface area contributed by atoms with Crippen molar-refractivity contribution >= 4 is 5.91 Å². The number of hydrogen-bond acceptors (Lipinski definition) is 3. The largest absolute Gasteiger partial charge is 0.378 e. The first-order valence-corrected chi connectivity index (χ1v) is 6.85. The summed E-state index contributed by atoms with van der Waals surface area (Å²) >= 11 is 0. The molecule has 4 heteroatoms. The summed E-state index contributed by atoms with van der Waals surface area (Å²) in [6.07, 6.45) is 1.02. The van der Waals surface area contributed by atoms with Crippen LogP contribution >= 0.6 is 0 Å². The average Bonchev–Trinajstić information content (AvgIpc) is 2.71. The van der Waals surface area contributed by atoms with E-state index < -0.39 is 0 Å². The minimum atomic E-state index is -0.0375. The maximum Gasteiger partial charge on any atom is 0.225 e. The van der Waals surface area contributed by atoms with Crippen molar-refractivity contribution in [3.05, 3.63) is 0 Å². The van der Waals surface area contributed by atoms with Crippen molar-refractivity contribution in [3.63, 3.8) is 0 Å². The minimum absolute atomic E-state index is 0.00317. The number of carbonyl (C=O) groups excluding carboxylic acids is 1. The van der Waals surface area contributed by atoms with Crippen LogP contribution in [0, 0.1) is 16.7 Å². The van der Waals surface area contributed by atoms with Gasteiger partial charge in [0.15, 0.2) is 0 Å². The van der Waals surface area contributed by atoms with E-state index in [1.807, 2.05) is 6.92 Å². The Morgan fingerprint density at radius 1 is 1.28 bits per heavy atom. The third-order valence-electron chi connectivity index (χ3n) is 4.95. The summed E-state index contributed by atoms with van der Waals surface area (Å²) in [5.74, 6) is 0.126. The Balaban J connectivity index is 1.99. The van der Waals surface area contributed by atoms with Crippen molar-refractivity contribution in [2.24, 2.45) is 22.5 Å². The number of hydrogen-bond donors (Lipinski definition) is 2. The Morgan fingerprint density at radius 2 is 1.83 bits per heavy atom. The van der Waals surface area contributed by atoms with Gasteiger partial charge in [0.25, 0.3) is 0 Å². The second-order valence-electron chi connectivity index (χ2n) is 7.14. The molecule has 4 nitrogen and oxygen atoms in total. The quantitative estimate of drug-likeness (QED) is 0.780. The van der Waals surface area contributed by atoms with Gasteiger partial charge in [-0.2, -0.15) is 0 Å². The van der Waals surface area contributed by atoms with Crippen LogP contribution in [0.2, 0.25) is 0 Å². The average molecular weight is 254 g/mol. The van der Waals surface area contributed by atoms with Crippen LogP contribution in [-0.2, 0) is 9.53 Å². The fraction of sp³-hybridized carbons (Fsp3) is 0.929. The van der Waals surface area contributed by atoms with Crippen LogP contribution in [0.15, 0.2) is 0 Å². The molecule has 1 aliphatic carbocycles. The molecule has 0 aromatic carbocycles. The number of nitrogens with two attached hydrogens (primary N) is 1. The minimum Gasteiger partial charge on any atom is -0.378 e. The third kappa shape index (κ3) is 1.95. The van der Waals surface area contributed by atoms with Gasteiger partial charge in [0, 0.05) is 22.9 Å². The normalized spacial score (nSPS) is 41.2. The third-order valence-corrected chi connectivity index (χ3v) is 4.95. The van der Waals surface area contributed by atoms with Crippen molar-refractivity contribution in [1.82, 2.24) is 5.32 Å². The number of ether oxygens (including phenoxy) is 1. The van der Waals surface area contributed by atoms with Gasteiger partial charge in [-0.3, -0.25) is 4.79 Å². The summed E-state index contributed by atoms with van der Waals surface area (Å²) in [6.45, 7) is 11.1. The lowest BCUT2D eigenvalue weighted by Gasteiger charge is -2.63. The molecule has 0 aromatic heterocycles. The molecular formula is C14H26N2O2. The highest BCUT2D eigenvalue weighted by Gasteiger charge is 2.60. The Morgan fingerprint density at radius 3 is 2.28 bits per heavy atom. The van der Waals surface area contributed by atoms with E-state index in [9.17, 15) is 4.79 Å². The van der Waals surface area contributed by atoms with Gasteiger partial charge in [-0.25, -0.2) is 0 Å². The molecule has 0 radical (unpaired) electrons. The highest BCUT2D eigenvalue weighted by atomic mass is 16.5. The van der Waals surface area contributed by atoms with Gasteiger partial charge in [-0.1, -0.05) is 27.7 Å². The lowest BCUT2D eigenvalue weighted by atomic mass is 9.48. The molecule has 2 unspecified atom stereocenters. The first-order chi connectivity index (χ1) is 8.17. The van der Waals surface area contributed by atoms with Crippen LogP contribution in [0.25, 0.3) is 0 Å². The Hall–Kier alpha value is -0.610. The molecule has 0 spiro atoms. The monoisotopic (exact) mass is 254 g/mol. The zero-order chi connectivity index (χ0) is 13.7. The summed E-state index contributed by atoms with van der Waals surface area (Å²) in [4.78, 5) is 12.2. The highest BCUT2D eigenvalue weighted by Crippen LogP contribution is 2.52. The molecule has 1 amide bonds. The van der Waals surface area contributed by atoms with Crippen molar-refractivity contribution in [1.29, 1.82) is 0 Å². The molecule has 1 aliphatic heterocycles. The van der Waals surface area contributed by atoms with Gasteiger partial charge in [-0.05, 0) is 13.3 Å². The standard InChI is InChI=1S/C14H26N2O2/c1-8-6-9(7-18-8)10(17)16-12-13(2,3)11(15)14(12,4)5/h8-9,11-12H,6-7,15H2,1-5H3,(H,16,17). The first-order valence-electron chi connectivity index (χ1n) is 6.85. The predicted molar refractivity (Wildman–Crippen MR) is 71.0 cm³/mol.